The summed E-state index contributed by atoms with van der Waals surface area (Å²) in [4.78, 5) is 9.35. The first-order valence-corrected chi connectivity index (χ1v) is 8.48. The number of rotatable bonds is 2. The molecule has 1 aliphatic rings. The number of pyridine rings is 2. The maximum Gasteiger partial charge on any atom is 0.0753 e. The topological polar surface area (TPSA) is 25.8 Å². The highest BCUT2D eigenvalue weighted by atomic mass is 14.7. The fourth-order valence-corrected chi connectivity index (χ4v) is 3.61. The van der Waals surface area contributed by atoms with Crippen molar-refractivity contribution in [3.8, 4) is 33.6 Å². The van der Waals surface area contributed by atoms with Crippen LogP contribution in [0, 0.1) is 0 Å². The van der Waals surface area contributed by atoms with Crippen LogP contribution in [-0.4, -0.2) is 9.97 Å². The molecule has 0 amide bonds. The zero-order valence-corrected chi connectivity index (χ0v) is 13.7. The molecule has 0 atom stereocenters. The van der Waals surface area contributed by atoms with Crippen LogP contribution in [0.15, 0.2) is 85.2 Å². The van der Waals surface area contributed by atoms with E-state index in [0.29, 0.717) is 0 Å². The Labute approximate surface area is 146 Å². The number of fused-ring (bicyclic) bond motifs is 3. The monoisotopic (exact) mass is 320 g/mol. The highest BCUT2D eigenvalue weighted by Crippen LogP contribution is 2.42. The molecule has 2 heterocycles. The van der Waals surface area contributed by atoms with Crippen molar-refractivity contribution in [1.82, 2.24) is 9.97 Å². The molecule has 0 aliphatic heterocycles. The van der Waals surface area contributed by atoms with Gasteiger partial charge in [0.05, 0.1) is 11.4 Å². The largest absolute Gasteiger partial charge is 0.264 e. The summed E-state index contributed by atoms with van der Waals surface area (Å²) in [5.74, 6) is 0. The summed E-state index contributed by atoms with van der Waals surface area (Å²) < 4.78 is 0. The maximum absolute atomic E-state index is 5.03. The number of aromatic nitrogens is 2. The standard InChI is InChI=1S/C23H16N2/c1-2-7-16(8-3-1)22-14-20(18-10-6-12-24-15-18)21-13-17-9-4-5-11-19(17)23(21)25-22/h1-12,14-15H,13H2. The average Bonchev–Trinajstić information content (AvgIpc) is 3.07. The lowest BCUT2D eigenvalue weighted by Gasteiger charge is -2.12. The van der Waals surface area contributed by atoms with E-state index in [-0.39, 0.29) is 0 Å². The van der Waals surface area contributed by atoms with Crippen molar-refractivity contribution in [2.24, 2.45) is 0 Å². The first kappa shape index (κ1) is 14.1. The molecule has 4 aromatic rings. The minimum Gasteiger partial charge on any atom is -0.264 e. The SMILES string of the molecule is c1ccc(-c2cc(-c3cccnc3)c3c(n2)-c2ccccc2C3)cc1. The summed E-state index contributed by atoms with van der Waals surface area (Å²) in [6.45, 7) is 0. The number of nitrogens with zero attached hydrogens (tertiary/aromatic N) is 2. The molecular formula is C23H16N2. The van der Waals surface area contributed by atoms with Gasteiger partial charge in [-0.15, -0.1) is 0 Å². The van der Waals surface area contributed by atoms with E-state index in [1.165, 1.54) is 22.3 Å². The van der Waals surface area contributed by atoms with Crippen LogP contribution in [0.4, 0.5) is 0 Å². The molecule has 2 aromatic carbocycles. The molecule has 0 unspecified atom stereocenters. The van der Waals surface area contributed by atoms with Crippen LogP contribution < -0.4 is 0 Å². The average molecular weight is 320 g/mol. The van der Waals surface area contributed by atoms with Gasteiger partial charge in [-0.05, 0) is 28.8 Å². The van der Waals surface area contributed by atoms with Crippen LogP contribution in [0.25, 0.3) is 33.6 Å². The summed E-state index contributed by atoms with van der Waals surface area (Å²) in [6.07, 6.45) is 4.68. The summed E-state index contributed by atoms with van der Waals surface area (Å²) in [6, 6.07) is 25.3. The molecule has 1 aliphatic carbocycles. The van der Waals surface area contributed by atoms with Crippen LogP contribution in [-0.2, 0) is 6.42 Å². The fourth-order valence-electron chi connectivity index (χ4n) is 3.61. The van der Waals surface area contributed by atoms with Crippen molar-refractivity contribution < 1.29 is 0 Å². The molecule has 0 spiro atoms. The van der Waals surface area contributed by atoms with Crippen molar-refractivity contribution in [2.45, 2.75) is 6.42 Å². The number of hydrogen-bond acceptors (Lipinski definition) is 2. The van der Waals surface area contributed by atoms with E-state index in [1.807, 2.05) is 24.5 Å². The van der Waals surface area contributed by atoms with Gasteiger partial charge in [0, 0.05) is 35.5 Å². The third kappa shape index (κ3) is 2.34. The Morgan fingerprint density at radius 3 is 2.36 bits per heavy atom. The molecule has 2 aromatic heterocycles. The lowest BCUT2D eigenvalue weighted by molar-refractivity contribution is 1.22. The third-order valence-corrected chi connectivity index (χ3v) is 4.81. The van der Waals surface area contributed by atoms with E-state index in [4.69, 9.17) is 4.98 Å². The van der Waals surface area contributed by atoms with Gasteiger partial charge < -0.3 is 0 Å². The molecule has 2 heteroatoms. The molecule has 0 fully saturated rings. The molecule has 25 heavy (non-hydrogen) atoms. The Bertz CT molecular complexity index is 1050. The smallest absolute Gasteiger partial charge is 0.0753 e. The van der Waals surface area contributed by atoms with Crippen LogP contribution in [0.1, 0.15) is 11.1 Å². The first-order chi connectivity index (χ1) is 12.4. The number of benzene rings is 2. The number of hydrogen-bond donors (Lipinski definition) is 0. The van der Waals surface area contributed by atoms with Crippen LogP contribution in [0.2, 0.25) is 0 Å². The molecule has 0 bridgehead atoms. The zero-order valence-electron chi connectivity index (χ0n) is 13.7. The van der Waals surface area contributed by atoms with Crippen LogP contribution in [0.5, 0.6) is 0 Å². The Morgan fingerprint density at radius 2 is 1.52 bits per heavy atom. The predicted molar refractivity (Wildman–Crippen MR) is 101 cm³/mol. The Hall–Kier alpha value is -3.26. The van der Waals surface area contributed by atoms with Gasteiger partial charge in [0.15, 0.2) is 0 Å². The molecule has 0 saturated carbocycles. The van der Waals surface area contributed by atoms with E-state index in [2.05, 4.69) is 65.6 Å². The highest BCUT2D eigenvalue weighted by Gasteiger charge is 2.24. The van der Waals surface area contributed by atoms with Gasteiger partial charge in [-0.3, -0.25) is 4.98 Å². The van der Waals surface area contributed by atoms with Crippen LogP contribution >= 0.6 is 0 Å². The second-order valence-electron chi connectivity index (χ2n) is 6.32. The normalized spacial score (nSPS) is 11.8. The minimum atomic E-state index is 0.928. The highest BCUT2D eigenvalue weighted by molar-refractivity contribution is 5.85. The van der Waals surface area contributed by atoms with Gasteiger partial charge in [0.1, 0.15) is 0 Å². The Kier molecular flexibility index (Phi) is 3.20. The van der Waals surface area contributed by atoms with Crippen molar-refractivity contribution in [3.05, 3.63) is 96.3 Å². The van der Waals surface area contributed by atoms with Gasteiger partial charge in [-0.2, -0.15) is 0 Å². The van der Waals surface area contributed by atoms with Gasteiger partial charge in [0.25, 0.3) is 0 Å². The van der Waals surface area contributed by atoms with Gasteiger partial charge >= 0.3 is 0 Å². The lowest BCUT2D eigenvalue weighted by Crippen LogP contribution is -1.94. The first-order valence-electron chi connectivity index (χ1n) is 8.48. The van der Waals surface area contributed by atoms with Crippen LogP contribution in [0.3, 0.4) is 0 Å². The van der Waals surface area contributed by atoms with Crippen molar-refractivity contribution >= 4 is 0 Å². The maximum atomic E-state index is 5.03. The molecule has 0 saturated heterocycles. The van der Waals surface area contributed by atoms with Gasteiger partial charge in [-0.25, -0.2) is 4.98 Å². The predicted octanol–water partition coefficient (Wildman–Crippen LogP) is 5.38. The summed E-state index contributed by atoms with van der Waals surface area (Å²) in [7, 11) is 0. The minimum absolute atomic E-state index is 0.928. The summed E-state index contributed by atoms with van der Waals surface area (Å²) in [5, 5.41) is 0. The van der Waals surface area contributed by atoms with Gasteiger partial charge in [0.2, 0.25) is 0 Å². The van der Waals surface area contributed by atoms with Gasteiger partial charge in [-0.1, -0.05) is 60.7 Å². The van der Waals surface area contributed by atoms with E-state index in [0.717, 1.165) is 28.9 Å². The molecule has 5 rings (SSSR count). The van der Waals surface area contributed by atoms with Crippen molar-refractivity contribution in [1.29, 1.82) is 0 Å². The van der Waals surface area contributed by atoms with Crippen molar-refractivity contribution in [3.63, 3.8) is 0 Å². The Morgan fingerprint density at radius 1 is 0.720 bits per heavy atom. The van der Waals surface area contributed by atoms with E-state index >= 15 is 0 Å². The third-order valence-electron chi connectivity index (χ3n) is 4.81. The van der Waals surface area contributed by atoms with Crippen molar-refractivity contribution in [2.75, 3.05) is 0 Å². The summed E-state index contributed by atoms with van der Waals surface area (Å²) >= 11 is 0. The quantitative estimate of drug-likeness (QED) is 0.436. The second kappa shape index (κ2) is 5.67. The lowest BCUT2D eigenvalue weighted by atomic mass is 9.97. The molecule has 0 N–H and O–H groups in total. The summed E-state index contributed by atoms with van der Waals surface area (Å²) in [5.41, 5.74) is 9.53. The molecule has 118 valence electrons. The second-order valence-corrected chi connectivity index (χ2v) is 6.32. The molecule has 2 nitrogen and oxygen atoms in total. The molecule has 0 radical (unpaired) electrons. The zero-order chi connectivity index (χ0) is 16.6. The molecular weight excluding hydrogens is 304 g/mol. The van der Waals surface area contributed by atoms with E-state index < -0.39 is 0 Å². The van der Waals surface area contributed by atoms with E-state index in [1.54, 1.807) is 0 Å². The Balaban J connectivity index is 1.80. The van der Waals surface area contributed by atoms with E-state index in [9.17, 15) is 0 Å². The fraction of sp³-hybridized carbons (Fsp3) is 0.0435.